The highest BCUT2D eigenvalue weighted by atomic mass is 79.9. The topological polar surface area (TPSA) is 29.1 Å². The van der Waals surface area contributed by atoms with Gasteiger partial charge in [-0.2, -0.15) is 0 Å². The van der Waals surface area contributed by atoms with Crippen molar-refractivity contribution in [1.82, 2.24) is 0 Å². The highest BCUT2D eigenvalue weighted by molar-refractivity contribution is 5.18. The van der Waals surface area contributed by atoms with Gasteiger partial charge in [0, 0.05) is 5.56 Å². The molecule has 3 nitrogen and oxygen atoms in total. The van der Waals surface area contributed by atoms with Gasteiger partial charge in [0.25, 0.3) is 0 Å². The minimum atomic E-state index is -0.513. The molecular weight excluding hydrogens is 451 g/mol. The van der Waals surface area contributed by atoms with E-state index in [1.54, 1.807) is 17.0 Å². The Morgan fingerprint density at radius 3 is 2.00 bits per heavy atom. The lowest BCUT2D eigenvalue weighted by Gasteiger charge is -2.30. The summed E-state index contributed by atoms with van der Waals surface area (Å²) in [6.07, 6.45) is -0.513. The largest absolute Gasteiger partial charge is 1.00 e. The minimum absolute atomic E-state index is 0. The molecule has 138 valence electrons. The summed E-state index contributed by atoms with van der Waals surface area (Å²) >= 11 is 0. The summed E-state index contributed by atoms with van der Waals surface area (Å²) in [6, 6.07) is 16.8. The van der Waals surface area contributed by atoms with Gasteiger partial charge in [-0.25, -0.2) is 4.39 Å². The number of benzene rings is 2. The van der Waals surface area contributed by atoms with Crippen LogP contribution in [0.4, 0.5) is 4.39 Å². The van der Waals surface area contributed by atoms with Crippen LogP contribution < -0.4 is 43.8 Å². The molecule has 1 fully saturated rings. The van der Waals surface area contributed by atoms with E-state index in [0.29, 0.717) is 6.54 Å². The first kappa shape index (κ1) is 22.3. The van der Waals surface area contributed by atoms with E-state index < -0.39 is 6.10 Å². The first-order chi connectivity index (χ1) is 11.2. The number of halogens is 3. The van der Waals surface area contributed by atoms with Crippen LogP contribution in [0.25, 0.3) is 0 Å². The Morgan fingerprint density at radius 2 is 1.40 bits per heavy atom. The summed E-state index contributed by atoms with van der Waals surface area (Å²) in [5, 5.41) is 10.3. The standard InChI is InChI=1S/C19H23FN2O.2BrH/c20-18-8-6-17(7-9-18)19(23)15-22-12-10-21(11-13-22)14-16-4-2-1-3-5-16;;/h1-9,19,23H,10-15H2;2*1H. The second kappa shape index (κ2) is 11.0. The number of piperazine rings is 1. The van der Waals surface area contributed by atoms with E-state index in [1.165, 1.54) is 22.6 Å². The van der Waals surface area contributed by atoms with Crippen LogP contribution in [-0.2, 0) is 6.54 Å². The van der Waals surface area contributed by atoms with Crippen molar-refractivity contribution in [2.24, 2.45) is 0 Å². The van der Waals surface area contributed by atoms with E-state index in [0.717, 1.165) is 38.3 Å². The van der Waals surface area contributed by atoms with Crippen molar-refractivity contribution in [2.75, 3.05) is 32.7 Å². The van der Waals surface area contributed by atoms with Crippen LogP contribution in [0.5, 0.6) is 0 Å². The van der Waals surface area contributed by atoms with Gasteiger partial charge in [-0.1, -0.05) is 42.5 Å². The van der Waals surface area contributed by atoms with Crippen molar-refractivity contribution in [3.63, 3.8) is 0 Å². The van der Waals surface area contributed by atoms with E-state index in [2.05, 4.69) is 30.3 Å². The molecule has 1 saturated heterocycles. The van der Waals surface area contributed by atoms with E-state index in [9.17, 15) is 9.50 Å². The monoisotopic (exact) mass is 474 g/mol. The van der Waals surface area contributed by atoms with E-state index in [-0.39, 0.29) is 39.8 Å². The predicted octanol–water partition coefficient (Wildman–Crippen LogP) is -6.15. The van der Waals surface area contributed by atoms with Gasteiger partial charge in [-0.15, -0.1) is 0 Å². The van der Waals surface area contributed by atoms with Crippen molar-refractivity contribution < 1.29 is 53.3 Å². The molecule has 3 rings (SSSR count). The lowest BCUT2D eigenvalue weighted by molar-refractivity contribution is -1.02. The molecule has 0 radical (unpaired) electrons. The molecule has 0 spiro atoms. The molecule has 1 aliphatic rings. The van der Waals surface area contributed by atoms with Gasteiger partial charge in [-0.3, -0.25) is 0 Å². The molecule has 2 aromatic rings. The van der Waals surface area contributed by atoms with Crippen LogP contribution >= 0.6 is 0 Å². The number of aliphatic hydroxyl groups is 1. The van der Waals surface area contributed by atoms with Gasteiger partial charge in [0.05, 0.1) is 0 Å². The van der Waals surface area contributed by atoms with Crippen LogP contribution in [0.3, 0.4) is 0 Å². The predicted molar refractivity (Wildman–Crippen MR) is 87.8 cm³/mol. The van der Waals surface area contributed by atoms with E-state index in [4.69, 9.17) is 0 Å². The number of aliphatic hydroxyl groups excluding tert-OH is 1. The third-order valence-corrected chi connectivity index (χ3v) is 4.70. The molecule has 0 saturated carbocycles. The zero-order chi connectivity index (χ0) is 16.1. The summed E-state index contributed by atoms with van der Waals surface area (Å²) < 4.78 is 12.9. The molecule has 0 aliphatic carbocycles. The number of hydrogen-bond acceptors (Lipinski definition) is 1. The normalized spacial score (nSPS) is 20.9. The smallest absolute Gasteiger partial charge is 0.128 e. The first-order valence-electron chi connectivity index (χ1n) is 8.35. The van der Waals surface area contributed by atoms with Crippen LogP contribution in [0.1, 0.15) is 17.2 Å². The maximum atomic E-state index is 12.9. The van der Waals surface area contributed by atoms with Crippen molar-refractivity contribution in [2.45, 2.75) is 12.6 Å². The lowest BCUT2D eigenvalue weighted by Crippen LogP contribution is -3.27. The molecular formula is C19H25Br2FN2O. The van der Waals surface area contributed by atoms with Gasteiger partial charge in [0.1, 0.15) is 51.2 Å². The summed E-state index contributed by atoms with van der Waals surface area (Å²) in [6.45, 7) is 6.17. The average Bonchev–Trinajstić information content (AvgIpc) is 2.58. The van der Waals surface area contributed by atoms with Crippen LogP contribution in [-0.4, -0.2) is 37.8 Å². The van der Waals surface area contributed by atoms with E-state index in [1.807, 2.05) is 0 Å². The number of quaternary nitrogens is 2. The second-order valence-corrected chi connectivity index (χ2v) is 6.43. The highest BCUT2D eigenvalue weighted by Crippen LogP contribution is 2.11. The van der Waals surface area contributed by atoms with E-state index >= 15 is 0 Å². The Hall–Kier alpha value is -0.790. The van der Waals surface area contributed by atoms with Gasteiger partial charge in [0.2, 0.25) is 0 Å². The Balaban J connectivity index is 0.00000156. The molecule has 1 heterocycles. The third kappa shape index (κ3) is 6.79. The molecule has 0 bridgehead atoms. The average molecular weight is 476 g/mol. The van der Waals surface area contributed by atoms with Gasteiger partial charge in [0.15, 0.2) is 0 Å². The fraction of sp³-hybridized carbons (Fsp3) is 0.368. The van der Waals surface area contributed by atoms with Crippen LogP contribution in [0, 0.1) is 5.82 Å². The van der Waals surface area contributed by atoms with Crippen LogP contribution in [0.15, 0.2) is 54.6 Å². The molecule has 1 aliphatic heterocycles. The van der Waals surface area contributed by atoms with Crippen molar-refractivity contribution >= 4 is 0 Å². The molecule has 3 N–H and O–H groups in total. The first-order valence-corrected chi connectivity index (χ1v) is 8.35. The van der Waals surface area contributed by atoms with Gasteiger partial charge in [-0.05, 0) is 17.7 Å². The molecule has 2 aromatic carbocycles. The maximum Gasteiger partial charge on any atom is 0.128 e. The second-order valence-electron chi connectivity index (χ2n) is 6.43. The fourth-order valence-electron chi connectivity index (χ4n) is 3.30. The summed E-state index contributed by atoms with van der Waals surface area (Å²) in [7, 11) is 0. The highest BCUT2D eigenvalue weighted by Gasteiger charge is 2.25. The summed E-state index contributed by atoms with van der Waals surface area (Å²) in [5.74, 6) is -0.258. The zero-order valence-corrected chi connectivity index (χ0v) is 17.3. The van der Waals surface area contributed by atoms with Crippen molar-refractivity contribution in [1.29, 1.82) is 0 Å². The number of nitrogens with one attached hydrogen (secondary N) is 2. The number of rotatable bonds is 5. The maximum absolute atomic E-state index is 12.9. The SMILES string of the molecule is OC(C[NH+]1CC[NH+](Cc2ccccc2)CC1)c1ccc(F)cc1.[Br-].[Br-]. The minimum Gasteiger partial charge on any atom is -1.00 e. The summed E-state index contributed by atoms with van der Waals surface area (Å²) in [5.41, 5.74) is 2.19. The number of hydrogen-bond donors (Lipinski definition) is 3. The lowest BCUT2D eigenvalue weighted by atomic mass is 10.1. The van der Waals surface area contributed by atoms with Crippen LogP contribution in [0.2, 0.25) is 0 Å². The molecule has 25 heavy (non-hydrogen) atoms. The Morgan fingerprint density at radius 1 is 0.840 bits per heavy atom. The Labute approximate surface area is 170 Å². The zero-order valence-electron chi connectivity index (χ0n) is 14.1. The summed E-state index contributed by atoms with van der Waals surface area (Å²) in [4.78, 5) is 3.04. The quantitative estimate of drug-likeness (QED) is 0.395. The van der Waals surface area contributed by atoms with Gasteiger partial charge >= 0.3 is 0 Å². The molecule has 0 aromatic heterocycles. The molecule has 1 atom stereocenters. The Kier molecular flexibility index (Phi) is 9.82. The Bertz CT molecular complexity index is 605. The molecule has 1 unspecified atom stereocenters. The van der Waals surface area contributed by atoms with Crippen molar-refractivity contribution in [3.8, 4) is 0 Å². The fourth-order valence-corrected chi connectivity index (χ4v) is 3.30. The molecule has 0 amide bonds. The molecule has 6 heteroatoms. The third-order valence-electron chi connectivity index (χ3n) is 4.70. The van der Waals surface area contributed by atoms with Crippen molar-refractivity contribution in [3.05, 3.63) is 71.5 Å². The van der Waals surface area contributed by atoms with Gasteiger partial charge < -0.3 is 48.9 Å².